The van der Waals surface area contributed by atoms with Gasteiger partial charge in [0.15, 0.2) is 0 Å². The fourth-order valence-electron chi connectivity index (χ4n) is 3.30. The van der Waals surface area contributed by atoms with E-state index in [0.29, 0.717) is 5.92 Å². The van der Waals surface area contributed by atoms with E-state index in [-0.39, 0.29) is 17.1 Å². The molecule has 0 aliphatic heterocycles. The molecule has 1 aromatic rings. The summed E-state index contributed by atoms with van der Waals surface area (Å²) in [4.78, 5) is 20.6. The lowest BCUT2D eigenvalue weighted by Crippen LogP contribution is -2.04. The van der Waals surface area contributed by atoms with Crippen molar-refractivity contribution >= 4 is 22.8 Å². The number of hydrogen-bond donors (Lipinski definition) is 1. The molecule has 23 heavy (non-hydrogen) atoms. The molecule has 8 heteroatoms. The number of nitrogens with one attached hydrogen (secondary N) is 1. The SMILES string of the molecule is CC1C/C(=N\Nc2ccc([N+](=O)[O-])cc2[N+](=O)[O-])C2=C1CCC2. The molecule has 1 aromatic carbocycles. The molecule has 120 valence electrons. The number of benzene rings is 1. The lowest BCUT2D eigenvalue weighted by atomic mass is 10.0. The minimum atomic E-state index is -0.656. The number of rotatable bonds is 4. The summed E-state index contributed by atoms with van der Waals surface area (Å²) in [5.41, 5.74) is 5.88. The second-order valence-corrected chi connectivity index (χ2v) is 5.85. The molecule has 0 radical (unpaired) electrons. The molecular formula is C15H16N4O4. The van der Waals surface area contributed by atoms with Gasteiger partial charge in [-0.3, -0.25) is 25.7 Å². The van der Waals surface area contributed by atoms with Gasteiger partial charge in [-0.15, -0.1) is 0 Å². The predicted octanol–water partition coefficient (Wildman–Crippen LogP) is 3.79. The molecule has 2 aliphatic rings. The third kappa shape index (κ3) is 2.79. The zero-order valence-corrected chi connectivity index (χ0v) is 12.6. The van der Waals surface area contributed by atoms with Crippen LogP contribution in [-0.4, -0.2) is 15.6 Å². The molecule has 3 rings (SSSR count). The number of non-ortho nitro benzene ring substituents is 1. The van der Waals surface area contributed by atoms with E-state index in [9.17, 15) is 20.2 Å². The highest BCUT2D eigenvalue weighted by Crippen LogP contribution is 2.41. The molecule has 0 bridgehead atoms. The Hall–Kier alpha value is -2.77. The van der Waals surface area contributed by atoms with Crippen LogP contribution >= 0.6 is 0 Å². The van der Waals surface area contributed by atoms with E-state index in [1.54, 1.807) is 0 Å². The predicted molar refractivity (Wildman–Crippen MR) is 85.5 cm³/mol. The first-order valence-electron chi connectivity index (χ1n) is 7.45. The topological polar surface area (TPSA) is 111 Å². The zero-order chi connectivity index (χ0) is 16.6. The number of nitro benzene ring substituents is 2. The first kappa shape index (κ1) is 15.1. The van der Waals surface area contributed by atoms with Gasteiger partial charge in [0, 0.05) is 6.07 Å². The van der Waals surface area contributed by atoms with Gasteiger partial charge < -0.3 is 0 Å². The van der Waals surface area contributed by atoms with Crippen LogP contribution in [0.5, 0.6) is 0 Å². The Morgan fingerprint density at radius 1 is 1.22 bits per heavy atom. The lowest BCUT2D eigenvalue weighted by Gasteiger charge is -2.07. The lowest BCUT2D eigenvalue weighted by molar-refractivity contribution is -0.393. The van der Waals surface area contributed by atoms with Gasteiger partial charge in [-0.05, 0) is 43.2 Å². The van der Waals surface area contributed by atoms with E-state index >= 15 is 0 Å². The van der Waals surface area contributed by atoms with Gasteiger partial charge >= 0.3 is 5.69 Å². The van der Waals surface area contributed by atoms with Gasteiger partial charge in [-0.2, -0.15) is 5.10 Å². The van der Waals surface area contributed by atoms with Crippen molar-refractivity contribution in [1.29, 1.82) is 0 Å². The van der Waals surface area contributed by atoms with E-state index in [1.165, 1.54) is 23.3 Å². The number of nitrogens with zero attached hydrogens (tertiary/aromatic N) is 3. The highest BCUT2D eigenvalue weighted by atomic mass is 16.6. The van der Waals surface area contributed by atoms with Gasteiger partial charge in [-0.25, -0.2) is 0 Å². The van der Waals surface area contributed by atoms with Crippen LogP contribution in [0.4, 0.5) is 17.1 Å². The number of anilines is 1. The average molecular weight is 316 g/mol. The summed E-state index contributed by atoms with van der Waals surface area (Å²) in [7, 11) is 0. The fourth-order valence-corrected chi connectivity index (χ4v) is 3.30. The minimum Gasteiger partial charge on any atom is -0.271 e. The highest BCUT2D eigenvalue weighted by Gasteiger charge is 2.30. The van der Waals surface area contributed by atoms with Crippen molar-refractivity contribution in [3.05, 3.63) is 49.6 Å². The molecule has 0 aromatic heterocycles. The van der Waals surface area contributed by atoms with Crippen molar-refractivity contribution in [3.8, 4) is 0 Å². The van der Waals surface area contributed by atoms with Crippen LogP contribution < -0.4 is 5.43 Å². The Balaban J connectivity index is 1.88. The van der Waals surface area contributed by atoms with Crippen LogP contribution in [0, 0.1) is 26.1 Å². The highest BCUT2D eigenvalue weighted by molar-refractivity contribution is 6.04. The molecule has 1 atom stereocenters. The Bertz CT molecular complexity index is 754. The fraction of sp³-hybridized carbons (Fsp3) is 0.400. The van der Waals surface area contributed by atoms with Crippen LogP contribution in [0.3, 0.4) is 0 Å². The maximum atomic E-state index is 11.1. The maximum Gasteiger partial charge on any atom is 0.301 e. The molecule has 0 saturated carbocycles. The van der Waals surface area contributed by atoms with Gasteiger partial charge in [0.25, 0.3) is 5.69 Å². The van der Waals surface area contributed by atoms with Crippen LogP contribution in [-0.2, 0) is 0 Å². The summed E-state index contributed by atoms with van der Waals surface area (Å²) >= 11 is 0. The van der Waals surface area contributed by atoms with Crippen molar-refractivity contribution in [2.75, 3.05) is 5.43 Å². The van der Waals surface area contributed by atoms with Crippen molar-refractivity contribution in [2.24, 2.45) is 11.0 Å². The maximum absolute atomic E-state index is 11.1. The summed E-state index contributed by atoms with van der Waals surface area (Å²) in [5.74, 6) is 0.472. The molecular weight excluding hydrogens is 300 g/mol. The molecule has 1 unspecified atom stereocenters. The monoisotopic (exact) mass is 316 g/mol. The van der Waals surface area contributed by atoms with Crippen molar-refractivity contribution in [3.63, 3.8) is 0 Å². The summed E-state index contributed by atoms with van der Waals surface area (Å²) in [6.45, 7) is 2.16. The Morgan fingerprint density at radius 3 is 2.70 bits per heavy atom. The molecule has 1 N–H and O–H groups in total. The Kier molecular flexibility index (Phi) is 3.81. The van der Waals surface area contributed by atoms with Crippen LogP contribution in [0.25, 0.3) is 0 Å². The molecule has 0 saturated heterocycles. The van der Waals surface area contributed by atoms with E-state index < -0.39 is 9.85 Å². The molecule has 0 spiro atoms. The van der Waals surface area contributed by atoms with E-state index in [4.69, 9.17) is 0 Å². The summed E-state index contributed by atoms with van der Waals surface area (Å²) in [6.07, 6.45) is 4.07. The van der Waals surface area contributed by atoms with Crippen LogP contribution in [0.1, 0.15) is 32.6 Å². The van der Waals surface area contributed by atoms with Crippen molar-refractivity contribution in [1.82, 2.24) is 0 Å². The number of hydrogen-bond acceptors (Lipinski definition) is 6. The van der Waals surface area contributed by atoms with Gasteiger partial charge in [0.1, 0.15) is 5.69 Å². The number of hydrazone groups is 1. The first-order chi connectivity index (χ1) is 11.0. The normalized spacial score (nSPS) is 21.6. The van der Waals surface area contributed by atoms with Gasteiger partial charge in [-0.1, -0.05) is 12.5 Å². The van der Waals surface area contributed by atoms with Crippen molar-refractivity contribution in [2.45, 2.75) is 32.6 Å². The summed E-state index contributed by atoms with van der Waals surface area (Å²) in [6, 6.07) is 3.50. The second-order valence-electron chi connectivity index (χ2n) is 5.85. The summed E-state index contributed by atoms with van der Waals surface area (Å²) in [5, 5.41) is 26.2. The van der Waals surface area contributed by atoms with Crippen LogP contribution in [0.15, 0.2) is 34.4 Å². The molecule has 0 amide bonds. The molecule has 2 aliphatic carbocycles. The third-order valence-electron chi connectivity index (χ3n) is 4.40. The quantitative estimate of drug-likeness (QED) is 0.671. The Labute approximate surface area is 132 Å². The Morgan fingerprint density at radius 2 is 2.00 bits per heavy atom. The smallest absolute Gasteiger partial charge is 0.271 e. The molecule has 0 heterocycles. The minimum absolute atomic E-state index is 0.160. The van der Waals surface area contributed by atoms with Crippen LogP contribution in [0.2, 0.25) is 0 Å². The van der Waals surface area contributed by atoms with E-state index in [1.807, 2.05) is 0 Å². The zero-order valence-electron chi connectivity index (χ0n) is 12.6. The van der Waals surface area contributed by atoms with Gasteiger partial charge in [0.05, 0.1) is 21.6 Å². The second kappa shape index (κ2) is 5.79. The van der Waals surface area contributed by atoms with E-state index in [2.05, 4.69) is 17.5 Å². The van der Waals surface area contributed by atoms with Gasteiger partial charge in [0.2, 0.25) is 0 Å². The largest absolute Gasteiger partial charge is 0.301 e. The standard InChI is InChI=1S/C15H16N4O4/c1-9-7-14(12-4-2-3-11(9)12)17-16-13-6-5-10(18(20)21)8-15(13)19(22)23/h5-6,8-9,16H,2-4,7H2,1H3/b17-14+. The molecule has 8 nitrogen and oxygen atoms in total. The third-order valence-corrected chi connectivity index (χ3v) is 4.40. The van der Waals surface area contributed by atoms with Crippen molar-refractivity contribution < 1.29 is 9.85 Å². The summed E-state index contributed by atoms with van der Waals surface area (Å²) < 4.78 is 0. The molecule has 0 fully saturated rings. The van der Waals surface area contributed by atoms with E-state index in [0.717, 1.165) is 37.5 Å². The number of allylic oxidation sites excluding steroid dienone is 2. The average Bonchev–Trinajstić information content (AvgIpc) is 3.09. The number of nitro groups is 2. The first-order valence-corrected chi connectivity index (χ1v) is 7.45.